The van der Waals surface area contributed by atoms with Crippen LogP contribution in [0.5, 0.6) is 0 Å². The first kappa shape index (κ1) is 41.0. The summed E-state index contributed by atoms with van der Waals surface area (Å²) < 4.78 is 37.7. The first-order valence-corrected chi connectivity index (χ1v) is 17.0. The highest BCUT2D eigenvalue weighted by Crippen LogP contribution is 2.40. The van der Waals surface area contributed by atoms with E-state index < -0.39 is 11.1 Å². The standard InChI is InChI=1S/C35H60N3O9/c1-34(2)28-31(29-35(3,4)38(34)40)30-10-12-32(13-11-30)37-33(39)36-14-8-6-7-9-15-42-18-19-44-22-23-46-26-27-47-25-24-45-21-20-43-17-16-41-5/h10-13,28H,6-9,14-27,29H2,1-5H3,(H2,36,37,39). The Labute approximate surface area is 282 Å². The molecular weight excluding hydrogens is 606 g/mol. The number of hydrogen-bond acceptors (Lipinski definition) is 9. The lowest BCUT2D eigenvalue weighted by Gasteiger charge is -2.45. The van der Waals surface area contributed by atoms with Gasteiger partial charge in [-0.3, -0.25) is 0 Å². The summed E-state index contributed by atoms with van der Waals surface area (Å²) in [6.07, 6.45) is 6.68. The molecule has 2 N–H and O–H groups in total. The van der Waals surface area contributed by atoms with Gasteiger partial charge in [-0.05, 0) is 70.2 Å². The van der Waals surface area contributed by atoms with Crippen LogP contribution < -0.4 is 10.6 Å². The minimum absolute atomic E-state index is 0.210. The zero-order valence-electron chi connectivity index (χ0n) is 29.4. The fraction of sp³-hybridized carbons (Fsp3) is 0.743. The summed E-state index contributed by atoms with van der Waals surface area (Å²) in [6.45, 7) is 15.7. The number of methoxy groups -OCH3 is 1. The van der Waals surface area contributed by atoms with E-state index in [1.807, 2.05) is 58.0 Å². The van der Waals surface area contributed by atoms with Crippen molar-refractivity contribution in [3.63, 3.8) is 0 Å². The number of hydrogen-bond donors (Lipinski definition) is 2. The van der Waals surface area contributed by atoms with Gasteiger partial charge >= 0.3 is 6.03 Å². The quantitative estimate of drug-likeness (QED) is 0.123. The van der Waals surface area contributed by atoms with E-state index in [0.717, 1.165) is 42.5 Å². The lowest BCUT2D eigenvalue weighted by Crippen LogP contribution is -2.54. The number of rotatable bonds is 27. The Hall–Kier alpha value is -2.13. The number of nitrogens with zero attached hydrogens (tertiary/aromatic N) is 1. The lowest BCUT2D eigenvalue weighted by atomic mass is 9.80. The molecule has 0 saturated heterocycles. The third-order valence-electron chi connectivity index (χ3n) is 7.53. The van der Waals surface area contributed by atoms with Crippen LogP contribution >= 0.6 is 0 Å². The summed E-state index contributed by atoms with van der Waals surface area (Å²) in [5.74, 6) is 0. The summed E-state index contributed by atoms with van der Waals surface area (Å²) in [4.78, 5) is 12.3. The molecule has 1 heterocycles. The molecule has 0 fully saturated rings. The van der Waals surface area contributed by atoms with E-state index in [4.69, 9.17) is 33.2 Å². The second kappa shape index (κ2) is 24.1. The van der Waals surface area contributed by atoms with Crippen molar-refractivity contribution in [2.45, 2.75) is 70.9 Å². The second-order valence-electron chi connectivity index (χ2n) is 12.6. The van der Waals surface area contributed by atoms with Gasteiger partial charge in [0, 0.05) is 31.5 Å². The highest BCUT2D eigenvalue weighted by atomic mass is 16.6. The SMILES string of the molecule is COCCOCCOCCOCCOCCOCCOCCCCCCNC(=O)Nc1ccc(C2=CC(C)(C)N([O])C(C)(C)C2)cc1. The van der Waals surface area contributed by atoms with Crippen molar-refractivity contribution in [3.05, 3.63) is 35.9 Å². The van der Waals surface area contributed by atoms with E-state index in [0.29, 0.717) is 98.9 Å². The molecule has 2 rings (SSSR count). The van der Waals surface area contributed by atoms with Crippen LogP contribution in [0.25, 0.3) is 5.57 Å². The molecule has 0 unspecified atom stereocenters. The van der Waals surface area contributed by atoms with E-state index in [1.165, 1.54) is 5.06 Å². The molecule has 47 heavy (non-hydrogen) atoms. The maximum Gasteiger partial charge on any atom is 0.319 e. The summed E-state index contributed by atoms with van der Waals surface area (Å²) >= 11 is 0. The number of urea groups is 1. The van der Waals surface area contributed by atoms with Crippen LogP contribution in [0.3, 0.4) is 0 Å². The van der Waals surface area contributed by atoms with Crippen LogP contribution in [0.15, 0.2) is 30.3 Å². The van der Waals surface area contributed by atoms with E-state index in [-0.39, 0.29) is 6.03 Å². The number of anilines is 1. The Morgan fingerprint density at radius 1 is 0.681 bits per heavy atom. The molecule has 2 amide bonds. The van der Waals surface area contributed by atoms with Crippen molar-refractivity contribution >= 4 is 17.3 Å². The number of ether oxygens (including phenoxy) is 7. The van der Waals surface area contributed by atoms with Crippen LogP contribution in [0, 0.1) is 0 Å². The zero-order chi connectivity index (χ0) is 34.2. The molecule has 269 valence electrons. The zero-order valence-corrected chi connectivity index (χ0v) is 29.4. The van der Waals surface area contributed by atoms with Crippen LogP contribution in [0.2, 0.25) is 0 Å². The summed E-state index contributed by atoms with van der Waals surface area (Å²) in [5, 5.41) is 19.6. The average Bonchev–Trinajstić information content (AvgIpc) is 3.03. The Balaban J connectivity index is 1.35. The number of unbranched alkanes of at least 4 members (excludes halogenated alkanes) is 3. The summed E-state index contributed by atoms with van der Waals surface area (Å²) in [6, 6.07) is 7.59. The second-order valence-corrected chi connectivity index (χ2v) is 12.6. The van der Waals surface area contributed by atoms with Gasteiger partial charge < -0.3 is 43.8 Å². The van der Waals surface area contributed by atoms with E-state index >= 15 is 0 Å². The molecule has 0 atom stereocenters. The van der Waals surface area contributed by atoms with E-state index in [2.05, 4.69) is 10.6 Å². The van der Waals surface area contributed by atoms with Gasteiger partial charge in [0.25, 0.3) is 0 Å². The van der Waals surface area contributed by atoms with Crippen LogP contribution in [0.4, 0.5) is 10.5 Å². The summed E-state index contributed by atoms with van der Waals surface area (Å²) in [7, 11) is 1.65. The Kier molecular flexibility index (Phi) is 21.0. The van der Waals surface area contributed by atoms with Crippen molar-refractivity contribution < 1.29 is 43.2 Å². The molecule has 12 heteroatoms. The molecule has 0 bridgehead atoms. The number of carbonyl (C=O) groups excluding carboxylic acids is 1. The number of benzene rings is 1. The lowest BCUT2D eigenvalue weighted by molar-refractivity contribution is -0.260. The fourth-order valence-electron chi connectivity index (χ4n) is 5.21. The van der Waals surface area contributed by atoms with Gasteiger partial charge in [-0.2, -0.15) is 0 Å². The number of nitrogens with one attached hydrogen (secondary N) is 2. The van der Waals surface area contributed by atoms with Crippen molar-refractivity contribution in [1.82, 2.24) is 10.4 Å². The van der Waals surface area contributed by atoms with E-state index in [1.54, 1.807) is 7.11 Å². The molecular formula is C35H60N3O9. The summed E-state index contributed by atoms with van der Waals surface area (Å²) in [5.41, 5.74) is 1.91. The maximum absolute atomic E-state index is 12.6. The smallest absolute Gasteiger partial charge is 0.319 e. The van der Waals surface area contributed by atoms with Crippen molar-refractivity contribution in [2.75, 3.05) is 105 Å². The number of carbonyl (C=O) groups is 1. The fourth-order valence-corrected chi connectivity index (χ4v) is 5.21. The van der Waals surface area contributed by atoms with Gasteiger partial charge in [0.1, 0.15) is 0 Å². The molecule has 1 aromatic carbocycles. The van der Waals surface area contributed by atoms with Gasteiger partial charge in [0.15, 0.2) is 0 Å². The molecule has 1 aliphatic rings. The average molecular weight is 667 g/mol. The first-order chi connectivity index (χ1) is 22.7. The molecule has 0 aliphatic carbocycles. The molecule has 12 nitrogen and oxygen atoms in total. The Morgan fingerprint density at radius 2 is 1.15 bits per heavy atom. The van der Waals surface area contributed by atoms with E-state index in [9.17, 15) is 10.0 Å². The van der Waals surface area contributed by atoms with Crippen molar-refractivity contribution in [2.24, 2.45) is 0 Å². The molecule has 0 aromatic heterocycles. The highest BCUT2D eigenvalue weighted by molar-refractivity contribution is 5.89. The minimum Gasteiger partial charge on any atom is -0.382 e. The number of amides is 2. The first-order valence-electron chi connectivity index (χ1n) is 17.0. The van der Waals surface area contributed by atoms with Crippen LogP contribution in [0.1, 0.15) is 65.4 Å². The molecule has 0 spiro atoms. The molecule has 1 radical (unpaired) electrons. The Bertz CT molecular complexity index is 989. The Morgan fingerprint density at radius 3 is 1.64 bits per heavy atom. The van der Waals surface area contributed by atoms with Gasteiger partial charge in [-0.25, -0.2) is 4.79 Å². The van der Waals surface area contributed by atoms with Crippen molar-refractivity contribution in [3.8, 4) is 0 Å². The van der Waals surface area contributed by atoms with Crippen LogP contribution in [-0.2, 0) is 38.4 Å². The van der Waals surface area contributed by atoms with Crippen molar-refractivity contribution in [1.29, 1.82) is 0 Å². The number of hydroxylamine groups is 2. The monoisotopic (exact) mass is 666 g/mol. The van der Waals surface area contributed by atoms with Gasteiger partial charge in [0.2, 0.25) is 0 Å². The minimum atomic E-state index is -0.567. The third kappa shape index (κ3) is 18.3. The maximum atomic E-state index is 12.6. The van der Waals surface area contributed by atoms with Gasteiger partial charge in [-0.1, -0.05) is 31.1 Å². The predicted molar refractivity (Wildman–Crippen MR) is 182 cm³/mol. The highest BCUT2D eigenvalue weighted by Gasteiger charge is 2.42. The largest absolute Gasteiger partial charge is 0.382 e. The molecule has 1 aliphatic heterocycles. The predicted octanol–water partition coefficient (Wildman–Crippen LogP) is 5.11. The third-order valence-corrected chi connectivity index (χ3v) is 7.53. The van der Waals surface area contributed by atoms with Gasteiger partial charge in [-0.15, -0.1) is 10.3 Å². The molecule has 1 aromatic rings. The van der Waals surface area contributed by atoms with Gasteiger partial charge in [0.05, 0.1) is 84.8 Å². The molecule has 0 saturated carbocycles. The topological polar surface area (TPSA) is 129 Å². The van der Waals surface area contributed by atoms with Crippen LogP contribution in [-0.4, -0.2) is 122 Å². The normalized spacial score (nSPS) is 15.8.